The molecule has 0 bridgehead atoms. The first kappa shape index (κ1) is 12.3. The van der Waals surface area contributed by atoms with Crippen molar-refractivity contribution in [3.05, 3.63) is 29.3 Å². The Bertz CT molecular complexity index is 497. The summed E-state index contributed by atoms with van der Waals surface area (Å²) in [4.78, 5) is 12.1. The monoisotopic (exact) mass is 262 g/mol. The summed E-state index contributed by atoms with van der Waals surface area (Å²) in [6.45, 7) is 1.19. The van der Waals surface area contributed by atoms with Crippen molar-refractivity contribution in [1.29, 1.82) is 0 Å². The number of likely N-dealkylation sites (tertiary alicyclic amines) is 1. The van der Waals surface area contributed by atoms with Crippen molar-refractivity contribution in [2.24, 2.45) is 0 Å². The molecule has 3 rings (SSSR count). The van der Waals surface area contributed by atoms with Gasteiger partial charge in [-0.3, -0.25) is 0 Å². The van der Waals surface area contributed by atoms with Gasteiger partial charge in [-0.1, -0.05) is 6.07 Å². The van der Waals surface area contributed by atoms with Gasteiger partial charge in [-0.05, 0) is 36.1 Å². The lowest BCUT2D eigenvalue weighted by Crippen LogP contribution is -2.59. The van der Waals surface area contributed by atoms with E-state index < -0.39 is 6.09 Å². The molecule has 1 heterocycles. The second kappa shape index (κ2) is 4.74. The van der Waals surface area contributed by atoms with E-state index in [0.29, 0.717) is 19.1 Å². The Morgan fingerprint density at radius 1 is 1.47 bits per heavy atom. The van der Waals surface area contributed by atoms with E-state index in [2.05, 4.69) is 17.4 Å². The molecular weight excluding hydrogens is 244 g/mol. The quantitative estimate of drug-likeness (QED) is 0.869. The van der Waals surface area contributed by atoms with E-state index in [1.165, 1.54) is 16.0 Å². The third-order valence-corrected chi connectivity index (χ3v) is 4.02. The first-order valence-electron chi connectivity index (χ1n) is 6.58. The third kappa shape index (κ3) is 2.26. The summed E-state index contributed by atoms with van der Waals surface area (Å²) in [5.74, 6) is 0.903. The number of nitrogens with one attached hydrogen (secondary N) is 1. The summed E-state index contributed by atoms with van der Waals surface area (Å²) < 4.78 is 5.24. The first-order chi connectivity index (χ1) is 9.17. The minimum absolute atomic E-state index is 0.286. The highest BCUT2D eigenvalue weighted by molar-refractivity contribution is 5.66. The second-order valence-electron chi connectivity index (χ2n) is 5.21. The number of methoxy groups -OCH3 is 1. The molecule has 2 N–H and O–H groups in total. The molecule has 1 atom stereocenters. The Labute approximate surface area is 112 Å². The Kier molecular flexibility index (Phi) is 3.06. The molecule has 0 radical (unpaired) electrons. The minimum atomic E-state index is -0.824. The van der Waals surface area contributed by atoms with Crippen molar-refractivity contribution >= 4 is 6.09 Å². The topological polar surface area (TPSA) is 61.8 Å². The predicted molar refractivity (Wildman–Crippen MR) is 70.6 cm³/mol. The van der Waals surface area contributed by atoms with E-state index in [-0.39, 0.29) is 6.04 Å². The van der Waals surface area contributed by atoms with Crippen LogP contribution in [-0.2, 0) is 6.42 Å². The van der Waals surface area contributed by atoms with Crippen LogP contribution in [-0.4, -0.2) is 42.3 Å². The average Bonchev–Trinajstić information content (AvgIpc) is 2.74. The molecule has 5 nitrogen and oxygen atoms in total. The normalized spacial score (nSPS) is 21.9. The molecule has 1 amide bonds. The van der Waals surface area contributed by atoms with Crippen molar-refractivity contribution in [2.45, 2.75) is 24.9 Å². The van der Waals surface area contributed by atoms with E-state index in [0.717, 1.165) is 18.6 Å². The van der Waals surface area contributed by atoms with Gasteiger partial charge in [0.25, 0.3) is 0 Å². The Morgan fingerprint density at radius 3 is 2.95 bits per heavy atom. The molecule has 1 aliphatic carbocycles. The maximum absolute atomic E-state index is 10.7. The van der Waals surface area contributed by atoms with Gasteiger partial charge < -0.3 is 20.1 Å². The predicted octanol–water partition coefficient (Wildman–Crippen LogP) is 1.63. The first-order valence-corrected chi connectivity index (χ1v) is 6.58. The van der Waals surface area contributed by atoms with Gasteiger partial charge in [-0.25, -0.2) is 4.79 Å². The summed E-state index contributed by atoms with van der Waals surface area (Å²) in [6, 6.07) is 6.84. The Balaban J connectivity index is 1.62. The number of amides is 1. The Morgan fingerprint density at radius 2 is 2.26 bits per heavy atom. The maximum Gasteiger partial charge on any atom is 0.407 e. The number of nitrogens with zero attached hydrogens (tertiary/aromatic N) is 1. The van der Waals surface area contributed by atoms with Crippen LogP contribution >= 0.6 is 0 Å². The standard InChI is InChI=1S/C14H18N2O3/c1-19-11-3-4-12-9(6-11)2-5-13(12)15-10-7-16(8-10)14(17)18/h3-4,6,10,13,15H,2,5,7-8H2,1H3,(H,17,18). The minimum Gasteiger partial charge on any atom is -0.497 e. The highest BCUT2D eigenvalue weighted by atomic mass is 16.5. The molecule has 1 aliphatic heterocycles. The van der Waals surface area contributed by atoms with Crippen LogP contribution in [0.3, 0.4) is 0 Å². The van der Waals surface area contributed by atoms with Crippen molar-refractivity contribution in [2.75, 3.05) is 20.2 Å². The van der Waals surface area contributed by atoms with E-state index >= 15 is 0 Å². The number of fused-ring (bicyclic) bond motifs is 1. The van der Waals surface area contributed by atoms with Crippen LogP contribution in [0.1, 0.15) is 23.6 Å². The average molecular weight is 262 g/mol. The summed E-state index contributed by atoms with van der Waals surface area (Å²) >= 11 is 0. The smallest absolute Gasteiger partial charge is 0.407 e. The van der Waals surface area contributed by atoms with Gasteiger partial charge in [-0.2, -0.15) is 0 Å². The van der Waals surface area contributed by atoms with Crippen molar-refractivity contribution in [3.8, 4) is 5.75 Å². The van der Waals surface area contributed by atoms with Crippen LogP contribution in [0.5, 0.6) is 5.75 Å². The number of benzene rings is 1. The van der Waals surface area contributed by atoms with E-state index in [1.54, 1.807) is 7.11 Å². The summed E-state index contributed by atoms with van der Waals surface area (Å²) in [7, 11) is 1.68. The van der Waals surface area contributed by atoms with Crippen LogP contribution in [0.4, 0.5) is 4.79 Å². The van der Waals surface area contributed by atoms with Crippen LogP contribution in [0.25, 0.3) is 0 Å². The number of hydrogen-bond donors (Lipinski definition) is 2. The van der Waals surface area contributed by atoms with Gasteiger partial charge in [0.2, 0.25) is 0 Å². The van der Waals surface area contributed by atoms with Crippen molar-refractivity contribution < 1.29 is 14.6 Å². The number of rotatable bonds is 3. The zero-order valence-electron chi connectivity index (χ0n) is 10.9. The van der Waals surface area contributed by atoms with Gasteiger partial charge in [-0.15, -0.1) is 0 Å². The SMILES string of the molecule is COc1ccc2c(c1)CCC2NC1CN(C(=O)O)C1. The molecule has 0 spiro atoms. The zero-order chi connectivity index (χ0) is 13.4. The van der Waals surface area contributed by atoms with Gasteiger partial charge in [0.05, 0.1) is 7.11 Å². The van der Waals surface area contributed by atoms with Crippen LogP contribution in [0.15, 0.2) is 18.2 Å². The molecule has 2 aliphatic rings. The molecule has 5 heteroatoms. The van der Waals surface area contributed by atoms with Crippen LogP contribution in [0, 0.1) is 0 Å². The van der Waals surface area contributed by atoms with Crippen LogP contribution in [0.2, 0.25) is 0 Å². The molecule has 0 aromatic heterocycles. The molecule has 1 aromatic carbocycles. The van der Waals surface area contributed by atoms with Crippen LogP contribution < -0.4 is 10.1 Å². The number of aryl methyl sites for hydroxylation is 1. The fourth-order valence-corrected chi connectivity index (χ4v) is 2.92. The number of carbonyl (C=O) groups is 1. The summed E-state index contributed by atoms with van der Waals surface area (Å²) in [6.07, 6.45) is 1.31. The lowest BCUT2D eigenvalue weighted by Gasteiger charge is -2.39. The van der Waals surface area contributed by atoms with Gasteiger partial charge >= 0.3 is 6.09 Å². The molecular formula is C14H18N2O3. The highest BCUT2D eigenvalue weighted by Crippen LogP contribution is 2.34. The molecule has 1 fully saturated rings. The lowest BCUT2D eigenvalue weighted by molar-refractivity contribution is 0.0919. The fourth-order valence-electron chi connectivity index (χ4n) is 2.92. The van der Waals surface area contributed by atoms with E-state index in [9.17, 15) is 4.79 Å². The number of hydrogen-bond acceptors (Lipinski definition) is 3. The second-order valence-corrected chi connectivity index (χ2v) is 5.21. The largest absolute Gasteiger partial charge is 0.497 e. The van der Waals surface area contributed by atoms with Gasteiger partial charge in [0.1, 0.15) is 5.75 Å². The molecule has 1 unspecified atom stereocenters. The van der Waals surface area contributed by atoms with Crippen molar-refractivity contribution in [1.82, 2.24) is 10.2 Å². The summed E-state index contributed by atoms with van der Waals surface area (Å²) in [5, 5.41) is 12.4. The molecule has 1 aromatic rings. The molecule has 102 valence electrons. The number of carboxylic acid groups (broad SMARTS) is 1. The number of ether oxygens (including phenoxy) is 1. The summed E-state index contributed by atoms with van der Waals surface area (Å²) in [5.41, 5.74) is 2.67. The van der Waals surface area contributed by atoms with Gasteiger partial charge in [0, 0.05) is 25.2 Å². The maximum atomic E-state index is 10.7. The zero-order valence-corrected chi connectivity index (χ0v) is 10.9. The molecule has 0 saturated carbocycles. The van der Waals surface area contributed by atoms with Gasteiger partial charge in [0.15, 0.2) is 0 Å². The molecule has 19 heavy (non-hydrogen) atoms. The highest BCUT2D eigenvalue weighted by Gasteiger charge is 2.33. The van der Waals surface area contributed by atoms with E-state index in [4.69, 9.17) is 9.84 Å². The van der Waals surface area contributed by atoms with Crippen molar-refractivity contribution in [3.63, 3.8) is 0 Å². The fraction of sp³-hybridized carbons (Fsp3) is 0.500. The third-order valence-electron chi connectivity index (χ3n) is 4.02. The van der Waals surface area contributed by atoms with E-state index in [1.807, 2.05) is 6.07 Å². The molecule has 1 saturated heterocycles. The Hall–Kier alpha value is -1.75. The lowest BCUT2D eigenvalue weighted by atomic mass is 10.0.